The van der Waals surface area contributed by atoms with E-state index >= 15 is 0 Å². The van der Waals surface area contributed by atoms with Crippen molar-refractivity contribution < 1.29 is 4.74 Å². The van der Waals surface area contributed by atoms with Crippen molar-refractivity contribution in [1.82, 2.24) is 15.5 Å². The lowest BCUT2D eigenvalue weighted by Gasteiger charge is -2.29. The maximum Gasteiger partial charge on any atom is 0.191 e. The maximum atomic E-state index is 6.00. The fourth-order valence-corrected chi connectivity index (χ4v) is 3.15. The minimum Gasteiger partial charge on any atom is -0.489 e. The summed E-state index contributed by atoms with van der Waals surface area (Å²) in [6.07, 6.45) is 3.91. The first-order valence-electron chi connectivity index (χ1n) is 9.44. The van der Waals surface area contributed by atoms with Crippen LogP contribution in [0.25, 0.3) is 0 Å². The molecule has 1 heterocycles. The number of benzene rings is 1. The van der Waals surface area contributed by atoms with Crippen molar-refractivity contribution in [2.24, 2.45) is 10.9 Å². The van der Waals surface area contributed by atoms with E-state index in [1.165, 1.54) is 32.4 Å². The second kappa shape index (κ2) is 10.3. The first-order chi connectivity index (χ1) is 12.1. The van der Waals surface area contributed by atoms with E-state index in [2.05, 4.69) is 47.5 Å². The molecule has 0 bridgehead atoms. The summed E-state index contributed by atoms with van der Waals surface area (Å²) in [6, 6.07) is 8.12. The minimum absolute atomic E-state index is 0.0773. The number of ether oxygens (including phenoxy) is 1. The number of hydrogen-bond donors (Lipinski definition) is 2. The highest BCUT2D eigenvalue weighted by Gasteiger charge is 2.16. The second-order valence-corrected chi connectivity index (χ2v) is 7.11. The van der Waals surface area contributed by atoms with E-state index in [4.69, 9.17) is 4.74 Å². The maximum absolute atomic E-state index is 6.00. The van der Waals surface area contributed by atoms with Crippen molar-refractivity contribution >= 4 is 5.96 Å². The molecule has 0 radical (unpaired) electrons. The first kappa shape index (κ1) is 19.6. The van der Waals surface area contributed by atoms with Gasteiger partial charge in [-0.1, -0.05) is 18.2 Å². The molecular weight excluding hydrogens is 312 g/mol. The Morgan fingerprint density at radius 3 is 2.68 bits per heavy atom. The van der Waals surface area contributed by atoms with Crippen LogP contribution in [0.2, 0.25) is 0 Å². The van der Waals surface area contributed by atoms with Crippen LogP contribution in [-0.4, -0.2) is 57.2 Å². The molecule has 1 aromatic rings. The van der Waals surface area contributed by atoms with Crippen LogP contribution in [0.4, 0.5) is 0 Å². The molecular formula is C20H34N4O. The molecule has 1 aliphatic rings. The predicted molar refractivity (Wildman–Crippen MR) is 105 cm³/mol. The van der Waals surface area contributed by atoms with Gasteiger partial charge in [0, 0.05) is 13.6 Å². The summed E-state index contributed by atoms with van der Waals surface area (Å²) in [5, 5.41) is 6.79. The minimum atomic E-state index is 0.0773. The molecule has 1 aromatic carbocycles. The number of guanidine groups is 1. The Morgan fingerprint density at radius 2 is 2.00 bits per heavy atom. The fraction of sp³-hybridized carbons (Fsp3) is 0.650. The van der Waals surface area contributed by atoms with Gasteiger partial charge in [-0.05, 0) is 70.8 Å². The lowest BCUT2D eigenvalue weighted by atomic mass is 9.94. The van der Waals surface area contributed by atoms with Crippen molar-refractivity contribution in [2.45, 2.75) is 39.2 Å². The Bertz CT molecular complexity index is 538. The highest BCUT2D eigenvalue weighted by molar-refractivity contribution is 5.79. The predicted octanol–water partition coefficient (Wildman–Crippen LogP) is 2.66. The van der Waals surface area contributed by atoms with Crippen LogP contribution in [0.1, 0.15) is 31.7 Å². The largest absolute Gasteiger partial charge is 0.489 e. The third-order valence-corrected chi connectivity index (χ3v) is 4.89. The molecule has 0 saturated carbocycles. The summed E-state index contributed by atoms with van der Waals surface area (Å²) < 4.78 is 6.00. The molecule has 140 valence electrons. The van der Waals surface area contributed by atoms with Crippen LogP contribution in [-0.2, 0) is 0 Å². The van der Waals surface area contributed by atoms with Crippen LogP contribution in [0.3, 0.4) is 0 Å². The summed E-state index contributed by atoms with van der Waals surface area (Å²) >= 11 is 0. The summed E-state index contributed by atoms with van der Waals surface area (Å²) in [5.74, 6) is 2.64. The van der Waals surface area contributed by atoms with Crippen LogP contribution in [0, 0.1) is 12.8 Å². The normalized spacial score (nSPS) is 18.0. The van der Waals surface area contributed by atoms with Crippen molar-refractivity contribution in [3.63, 3.8) is 0 Å². The third-order valence-electron chi connectivity index (χ3n) is 4.89. The molecule has 2 N–H and O–H groups in total. The first-order valence-corrected chi connectivity index (χ1v) is 9.44. The number of hydrogen-bond acceptors (Lipinski definition) is 3. The molecule has 5 heteroatoms. The van der Waals surface area contributed by atoms with Gasteiger partial charge >= 0.3 is 0 Å². The van der Waals surface area contributed by atoms with Crippen molar-refractivity contribution in [3.8, 4) is 5.75 Å². The zero-order valence-electron chi connectivity index (χ0n) is 16.2. The second-order valence-electron chi connectivity index (χ2n) is 7.11. The number of rotatable bonds is 7. The quantitative estimate of drug-likeness (QED) is 0.589. The molecule has 1 fully saturated rings. The Kier molecular flexibility index (Phi) is 8.06. The average molecular weight is 347 g/mol. The van der Waals surface area contributed by atoms with Crippen molar-refractivity contribution in [2.75, 3.05) is 40.3 Å². The summed E-state index contributed by atoms with van der Waals surface area (Å²) in [7, 11) is 4.03. The zero-order valence-corrected chi connectivity index (χ0v) is 16.2. The molecule has 5 nitrogen and oxygen atoms in total. The van der Waals surface area contributed by atoms with Crippen molar-refractivity contribution in [3.05, 3.63) is 29.8 Å². The smallest absolute Gasteiger partial charge is 0.191 e. The van der Waals surface area contributed by atoms with Gasteiger partial charge < -0.3 is 20.3 Å². The fourth-order valence-electron chi connectivity index (χ4n) is 3.15. The number of para-hydroxylation sites is 1. The SMILES string of the molecule is CN=C(NCCC1CCN(C)CC1)NCC(C)Oc1ccccc1C. The van der Waals surface area contributed by atoms with Crippen molar-refractivity contribution in [1.29, 1.82) is 0 Å². The highest BCUT2D eigenvalue weighted by Crippen LogP contribution is 2.19. The van der Waals surface area contributed by atoms with E-state index in [0.29, 0.717) is 0 Å². The molecule has 1 aliphatic heterocycles. The van der Waals surface area contributed by atoms with E-state index in [1.807, 2.05) is 25.2 Å². The van der Waals surface area contributed by atoms with Gasteiger partial charge in [0.2, 0.25) is 0 Å². The Morgan fingerprint density at radius 1 is 1.28 bits per heavy atom. The summed E-state index contributed by atoms with van der Waals surface area (Å²) in [4.78, 5) is 6.73. The standard InChI is InChI=1S/C20H34N4O/c1-16-7-5-6-8-19(16)25-17(2)15-23-20(21-3)22-12-9-18-10-13-24(4)14-11-18/h5-8,17-18H,9-15H2,1-4H3,(H2,21,22,23). The van der Waals surface area contributed by atoms with Gasteiger partial charge in [-0.2, -0.15) is 0 Å². The number of aliphatic imine (C=N–C) groups is 1. The van der Waals surface area contributed by atoms with Gasteiger partial charge in [0.05, 0.1) is 6.54 Å². The van der Waals surface area contributed by atoms with E-state index in [-0.39, 0.29) is 6.10 Å². The molecule has 0 aromatic heterocycles. The molecule has 2 rings (SSSR count). The molecule has 1 unspecified atom stereocenters. The van der Waals surface area contributed by atoms with Crippen LogP contribution >= 0.6 is 0 Å². The van der Waals surface area contributed by atoms with Gasteiger partial charge in [-0.25, -0.2) is 0 Å². The number of likely N-dealkylation sites (tertiary alicyclic amines) is 1. The van der Waals surface area contributed by atoms with Gasteiger partial charge in [0.1, 0.15) is 11.9 Å². The number of nitrogens with one attached hydrogen (secondary N) is 2. The number of piperidine rings is 1. The molecule has 0 aliphatic carbocycles. The number of nitrogens with zero attached hydrogens (tertiary/aromatic N) is 2. The van der Waals surface area contributed by atoms with E-state index in [9.17, 15) is 0 Å². The molecule has 0 spiro atoms. The summed E-state index contributed by atoms with van der Waals surface area (Å²) in [6.45, 7) is 8.30. The van der Waals surface area contributed by atoms with Gasteiger partial charge in [-0.15, -0.1) is 0 Å². The topological polar surface area (TPSA) is 48.9 Å². The monoisotopic (exact) mass is 346 g/mol. The van der Waals surface area contributed by atoms with E-state index < -0.39 is 0 Å². The lowest BCUT2D eigenvalue weighted by Crippen LogP contribution is -2.42. The molecule has 1 saturated heterocycles. The average Bonchev–Trinajstić information content (AvgIpc) is 2.61. The summed E-state index contributed by atoms with van der Waals surface area (Å²) in [5.41, 5.74) is 1.16. The highest BCUT2D eigenvalue weighted by atomic mass is 16.5. The Balaban J connectivity index is 1.65. The van der Waals surface area contributed by atoms with Crippen LogP contribution in [0.15, 0.2) is 29.3 Å². The van der Waals surface area contributed by atoms with Gasteiger partial charge in [-0.3, -0.25) is 4.99 Å². The van der Waals surface area contributed by atoms with Crippen LogP contribution < -0.4 is 15.4 Å². The zero-order chi connectivity index (χ0) is 18.1. The Labute approximate surface area is 152 Å². The van der Waals surface area contributed by atoms with E-state index in [0.717, 1.165) is 36.3 Å². The lowest BCUT2D eigenvalue weighted by molar-refractivity contribution is 0.212. The molecule has 25 heavy (non-hydrogen) atoms. The molecule has 1 atom stereocenters. The van der Waals surface area contributed by atoms with Gasteiger partial charge in [0.15, 0.2) is 5.96 Å². The van der Waals surface area contributed by atoms with Crippen LogP contribution in [0.5, 0.6) is 5.75 Å². The molecule has 0 amide bonds. The Hall–Kier alpha value is -1.75. The van der Waals surface area contributed by atoms with E-state index in [1.54, 1.807) is 0 Å². The number of aryl methyl sites for hydroxylation is 1. The van der Waals surface area contributed by atoms with Gasteiger partial charge in [0.25, 0.3) is 0 Å². The third kappa shape index (κ3) is 6.94.